The van der Waals surface area contributed by atoms with E-state index in [1.165, 1.54) is 11.5 Å². The molecule has 2 N–H and O–H groups in total. The topological polar surface area (TPSA) is 80.6 Å². The van der Waals surface area contributed by atoms with Crippen LogP contribution in [-0.2, 0) is 11.8 Å². The van der Waals surface area contributed by atoms with Crippen LogP contribution in [0.15, 0.2) is 23.0 Å². The Bertz CT molecular complexity index is 796. The van der Waals surface area contributed by atoms with Crippen molar-refractivity contribution >= 4 is 22.5 Å². The number of rotatable bonds is 7. The third-order valence-corrected chi connectivity index (χ3v) is 3.89. The standard InChI is InChI=1S/C18H24N2O4/c1-4-5-6-7-10-24-17-14-9-8-13(19-12(2)21)11-15(14)20(3)18(23)16(17)22/h8-9,11,22H,4-7,10H2,1-3H3,(H,19,21). The van der Waals surface area contributed by atoms with E-state index < -0.39 is 5.56 Å². The third-order valence-electron chi connectivity index (χ3n) is 3.89. The number of ether oxygens (including phenoxy) is 1. The van der Waals surface area contributed by atoms with Crippen molar-refractivity contribution in [1.82, 2.24) is 4.57 Å². The number of aromatic nitrogens is 1. The lowest BCUT2D eigenvalue weighted by Gasteiger charge is -2.14. The third kappa shape index (κ3) is 3.88. The molecule has 2 aromatic rings. The van der Waals surface area contributed by atoms with E-state index in [4.69, 9.17) is 4.74 Å². The van der Waals surface area contributed by atoms with Crippen LogP contribution in [0.2, 0.25) is 0 Å². The molecule has 24 heavy (non-hydrogen) atoms. The molecular formula is C18H24N2O4. The lowest BCUT2D eigenvalue weighted by atomic mass is 10.1. The minimum atomic E-state index is -0.522. The Balaban J connectivity index is 2.39. The van der Waals surface area contributed by atoms with E-state index in [0.29, 0.717) is 23.2 Å². The summed E-state index contributed by atoms with van der Waals surface area (Å²) in [6, 6.07) is 5.15. The van der Waals surface area contributed by atoms with Crippen molar-refractivity contribution in [3.05, 3.63) is 28.6 Å². The molecule has 1 aromatic heterocycles. The highest BCUT2D eigenvalue weighted by molar-refractivity contribution is 5.94. The second-order valence-corrected chi connectivity index (χ2v) is 5.86. The van der Waals surface area contributed by atoms with Crippen molar-refractivity contribution in [2.45, 2.75) is 39.5 Å². The van der Waals surface area contributed by atoms with E-state index in [0.717, 1.165) is 25.7 Å². The smallest absolute Gasteiger partial charge is 0.296 e. The number of benzene rings is 1. The van der Waals surface area contributed by atoms with Crippen LogP contribution in [0.3, 0.4) is 0 Å². The van der Waals surface area contributed by atoms with Crippen LogP contribution in [-0.4, -0.2) is 22.2 Å². The molecule has 1 aromatic carbocycles. The molecule has 2 rings (SSSR count). The van der Waals surface area contributed by atoms with Gasteiger partial charge in [-0.05, 0) is 24.6 Å². The van der Waals surface area contributed by atoms with E-state index in [9.17, 15) is 14.7 Å². The lowest BCUT2D eigenvalue weighted by molar-refractivity contribution is -0.114. The number of carbonyl (C=O) groups is 1. The monoisotopic (exact) mass is 332 g/mol. The molecular weight excluding hydrogens is 308 g/mol. The zero-order valence-corrected chi connectivity index (χ0v) is 14.4. The van der Waals surface area contributed by atoms with E-state index in [-0.39, 0.29) is 17.4 Å². The molecule has 0 saturated heterocycles. The number of hydrogen-bond donors (Lipinski definition) is 2. The second kappa shape index (κ2) is 7.86. The molecule has 0 aliphatic carbocycles. The molecule has 0 fully saturated rings. The maximum absolute atomic E-state index is 12.2. The summed E-state index contributed by atoms with van der Waals surface area (Å²) in [5.41, 5.74) is 0.656. The number of pyridine rings is 1. The maximum atomic E-state index is 12.2. The van der Waals surface area contributed by atoms with Gasteiger partial charge in [-0.2, -0.15) is 0 Å². The summed E-state index contributed by atoms with van der Waals surface area (Å²) in [5.74, 6) is -0.364. The van der Waals surface area contributed by atoms with Gasteiger partial charge in [-0.1, -0.05) is 26.2 Å². The Morgan fingerprint density at radius 3 is 2.71 bits per heavy atom. The number of nitrogens with zero attached hydrogens (tertiary/aromatic N) is 1. The highest BCUT2D eigenvalue weighted by atomic mass is 16.5. The van der Waals surface area contributed by atoms with Crippen molar-refractivity contribution < 1.29 is 14.6 Å². The summed E-state index contributed by atoms with van der Waals surface area (Å²) in [6.07, 6.45) is 4.18. The van der Waals surface area contributed by atoms with Crippen molar-refractivity contribution in [2.24, 2.45) is 7.05 Å². The Kier molecular flexibility index (Phi) is 5.84. The van der Waals surface area contributed by atoms with E-state index in [1.807, 2.05) is 0 Å². The summed E-state index contributed by atoms with van der Waals surface area (Å²) in [5, 5.41) is 13.5. The molecule has 0 spiro atoms. The molecule has 1 amide bonds. The molecule has 0 aliphatic heterocycles. The molecule has 0 saturated carbocycles. The van der Waals surface area contributed by atoms with Crippen LogP contribution in [0.5, 0.6) is 11.5 Å². The lowest BCUT2D eigenvalue weighted by Crippen LogP contribution is -2.18. The van der Waals surface area contributed by atoms with Gasteiger partial charge in [0.1, 0.15) is 0 Å². The van der Waals surface area contributed by atoms with E-state index in [2.05, 4.69) is 12.2 Å². The molecule has 6 heteroatoms. The maximum Gasteiger partial charge on any atom is 0.296 e. The molecule has 1 heterocycles. The van der Waals surface area contributed by atoms with Crippen LogP contribution < -0.4 is 15.6 Å². The number of amides is 1. The first-order chi connectivity index (χ1) is 11.5. The molecule has 0 radical (unpaired) electrons. The number of unbranched alkanes of at least 4 members (excludes halogenated alkanes) is 3. The van der Waals surface area contributed by atoms with Gasteiger partial charge < -0.3 is 19.7 Å². The van der Waals surface area contributed by atoms with Crippen molar-refractivity contribution in [1.29, 1.82) is 0 Å². The van der Waals surface area contributed by atoms with Gasteiger partial charge in [0.05, 0.1) is 12.1 Å². The molecule has 0 aliphatic rings. The summed E-state index contributed by atoms with van der Waals surface area (Å²) >= 11 is 0. The quantitative estimate of drug-likeness (QED) is 0.763. The summed E-state index contributed by atoms with van der Waals surface area (Å²) in [4.78, 5) is 23.4. The van der Waals surface area contributed by atoms with Crippen LogP contribution in [0.1, 0.15) is 39.5 Å². The number of fused-ring (bicyclic) bond motifs is 1. The molecule has 6 nitrogen and oxygen atoms in total. The van der Waals surface area contributed by atoms with Crippen LogP contribution >= 0.6 is 0 Å². The Labute approximate surface area is 141 Å². The average Bonchev–Trinajstić information content (AvgIpc) is 2.55. The van der Waals surface area contributed by atoms with Gasteiger partial charge in [0, 0.05) is 25.0 Å². The summed E-state index contributed by atoms with van der Waals surface area (Å²) < 4.78 is 7.05. The van der Waals surface area contributed by atoms with Crippen LogP contribution in [0.4, 0.5) is 5.69 Å². The fourth-order valence-corrected chi connectivity index (χ4v) is 2.62. The summed E-state index contributed by atoms with van der Waals surface area (Å²) in [7, 11) is 1.58. The number of anilines is 1. The van der Waals surface area contributed by atoms with Gasteiger partial charge in [0.2, 0.25) is 11.7 Å². The van der Waals surface area contributed by atoms with Crippen molar-refractivity contribution in [2.75, 3.05) is 11.9 Å². The zero-order chi connectivity index (χ0) is 17.7. The number of hydrogen-bond acceptors (Lipinski definition) is 4. The summed E-state index contributed by atoms with van der Waals surface area (Å²) in [6.45, 7) is 4.00. The van der Waals surface area contributed by atoms with Crippen LogP contribution in [0, 0.1) is 0 Å². The van der Waals surface area contributed by atoms with Crippen LogP contribution in [0.25, 0.3) is 10.9 Å². The van der Waals surface area contributed by atoms with E-state index >= 15 is 0 Å². The minimum absolute atomic E-state index is 0.189. The largest absolute Gasteiger partial charge is 0.500 e. The molecule has 0 bridgehead atoms. The Morgan fingerprint density at radius 1 is 1.29 bits per heavy atom. The predicted molar refractivity (Wildman–Crippen MR) is 94.8 cm³/mol. The first kappa shape index (κ1) is 17.8. The average molecular weight is 332 g/mol. The highest BCUT2D eigenvalue weighted by Gasteiger charge is 2.16. The van der Waals surface area contributed by atoms with E-state index in [1.54, 1.807) is 25.2 Å². The van der Waals surface area contributed by atoms with Gasteiger partial charge in [0.15, 0.2) is 5.75 Å². The van der Waals surface area contributed by atoms with Gasteiger partial charge in [0.25, 0.3) is 5.56 Å². The number of carbonyl (C=O) groups excluding carboxylic acids is 1. The first-order valence-electron chi connectivity index (χ1n) is 8.21. The SMILES string of the molecule is CCCCCCOc1c(O)c(=O)n(C)c2cc(NC(C)=O)ccc12. The molecule has 130 valence electrons. The minimum Gasteiger partial charge on any atom is -0.500 e. The number of aryl methyl sites for hydroxylation is 1. The Morgan fingerprint density at radius 2 is 2.04 bits per heavy atom. The fourth-order valence-electron chi connectivity index (χ4n) is 2.62. The van der Waals surface area contributed by atoms with Gasteiger partial charge in [-0.15, -0.1) is 0 Å². The zero-order valence-electron chi connectivity index (χ0n) is 14.4. The van der Waals surface area contributed by atoms with Gasteiger partial charge >= 0.3 is 0 Å². The number of nitrogens with one attached hydrogen (secondary N) is 1. The molecule has 0 unspecified atom stereocenters. The van der Waals surface area contributed by atoms with Crippen molar-refractivity contribution in [3.63, 3.8) is 0 Å². The Hall–Kier alpha value is -2.50. The molecule has 0 atom stereocenters. The highest BCUT2D eigenvalue weighted by Crippen LogP contribution is 2.33. The normalized spacial score (nSPS) is 10.8. The predicted octanol–water partition coefficient (Wildman–Crippen LogP) is 3.16. The number of aromatic hydroxyl groups is 1. The van der Waals surface area contributed by atoms with Gasteiger partial charge in [-0.25, -0.2) is 0 Å². The van der Waals surface area contributed by atoms with Crippen molar-refractivity contribution in [3.8, 4) is 11.5 Å². The first-order valence-corrected chi connectivity index (χ1v) is 8.21. The van der Waals surface area contributed by atoms with Gasteiger partial charge in [-0.3, -0.25) is 9.59 Å². The fraction of sp³-hybridized carbons (Fsp3) is 0.444. The second-order valence-electron chi connectivity index (χ2n) is 5.86.